The number of hydrogen-bond donors (Lipinski definition) is 0. The van der Waals surface area contributed by atoms with E-state index in [9.17, 15) is 4.79 Å². The monoisotopic (exact) mass is 255 g/mol. The fourth-order valence-electron chi connectivity index (χ4n) is 1.39. The highest BCUT2D eigenvalue weighted by molar-refractivity contribution is 8.00. The highest BCUT2D eigenvalue weighted by Gasteiger charge is 2.03. The minimum atomic E-state index is 0.346. The maximum absolute atomic E-state index is 10.2. The minimum Gasteiger partial charge on any atom is -0.303 e. The van der Waals surface area contributed by atoms with Crippen LogP contribution in [0.15, 0.2) is 24.3 Å². The number of hydrogen-bond acceptors (Lipinski definition) is 2. The third kappa shape index (κ3) is 5.57. The molecule has 0 heterocycles. The summed E-state index contributed by atoms with van der Waals surface area (Å²) in [6.45, 7) is 4.06. The maximum atomic E-state index is 10.2. The van der Waals surface area contributed by atoms with E-state index in [1.54, 1.807) is 11.8 Å². The normalized spacial score (nSPS) is 12.4. The first-order chi connectivity index (χ1) is 7.72. The van der Waals surface area contributed by atoms with Crippen molar-refractivity contribution in [2.45, 2.75) is 24.5 Å². The van der Waals surface area contributed by atoms with Gasteiger partial charge in [-0.05, 0) is 37.5 Å². The fraction of sp³-hybridized carbons (Fsp3) is 0.385. The molecule has 0 amide bonds. The van der Waals surface area contributed by atoms with E-state index in [1.165, 1.54) is 5.56 Å². The van der Waals surface area contributed by atoms with E-state index in [4.69, 9.17) is 11.6 Å². The molecule has 1 radical (unpaired) electrons. The summed E-state index contributed by atoms with van der Waals surface area (Å²) in [5.74, 6) is 0.868. The SMILES string of the molecule is [CH2]C(CCc1cccc(Cl)c1)SCCC=O. The van der Waals surface area contributed by atoms with Crippen molar-refractivity contribution in [2.24, 2.45) is 0 Å². The van der Waals surface area contributed by atoms with Crippen molar-refractivity contribution in [3.8, 4) is 0 Å². The van der Waals surface area contributed by atoms with Crippen LogP contribution in [0.1, 0.15) is 18.4 Å². The zero-order valence-electron chi connectivity index (χ0n) is 9.19. The van der Waals surface area contributed by atoms with Crippen LogP contribution >= 0.6 is 23.4 Å². The molecule has 0 spiro atoms. The lowest BCUT2D eigenvalue weighted by molar-refractivity contribution is -0.107. The molecule has 3 heteroatoms. The first-order valence-electron chi connectivity index (χ1n) is 5.35. The first kappa shape index (κ1) is 13.6. The summed E-state index contributed by atoms with van der Waals surface area (Å²) >= 11 is 7.65. The molecule has 1 aromatic rings. The molecule has 0 aliphatic heterocycles. The summed E-state index contributed by atoms with van der Waals surface area (Å²) in [5, 5.41) is 1.13. The Morgan fingerprint density at radius 2 is 2.31 bits per heavy atom. The van der Waals surface area contributed by atoms with E-state index >= 15 is 0 Å². The summed E-state index contributed by atoms with van der Waals surface area (Å²) in [6.07, 6.45) is 3.58. The van der Waals surface area contributed by atoms with E-state index in [0.29, 0.717) is 11.7 Å². The van der Waals surface area contributed by atoms with Crippen LogP contribution in [0.4, 0.5) is 0 Å². The van der Waals surface area contributed by atoms with Crippen LogP contribution in [0.3, 0.4) is 0 Å². The number of carbonyl (C=O) groups excluding carboxylic acids is 1. The molecule has 0 N–H and O–H groups in total. The van der Waals surface area contributed by atoms with Gasteiger partial charge in [-0.2, -0.15) is 11.8 Å². The second kappa shape index (κ2) is 7.75. The van der Waals surface area contributed by atoms with Crippen LogP contribution in [0.5, 0.6) is 0 Å². The number of thioether (sulfide) groups is 1. The Balaban J connectivity index is 2.25. The molecule has 16 heavy (non-hydrogen) atoms. The molecule has 1 atom stereocenters. The van der Waals surface area contributed by atoms with Gasteiger partial charge in [0.05, 0.1) is 0 Å². The van der Waals surface area contributed by atoms with Crippen LogP contribution in [-0.4, -0.2) is 17.3 Å². The second-order valence-electron chi connectivity index (χ2n) is 3.62. The Morgan fingerprint density at radius 1 is 1.50 bits per heavy atom. The van der Waals surface area contributed by atoms with E-state index in [1.807, 2.05) is 18.2 Å². The van der Waals surface area contributed by atoms with Gasteiger partial charge in [0, 0.05) is 22.4 Å². The molecule has 1 aromatic carbocycles. The molecule has 0 bridgehead atoms. The van der Waals surface area contributed by atoms with Crippen molar-refractivity contribution in [3.05, 3.63) is 41.8 Å². The average Bonchev–Trinajstić information content (AvgIpc) is 2.27. The molecule has 1 unspecified atom stereocenters. The van der Waals surface area contributed by atoms with Gasteiger partial charge in [-0.1, -0.05) is 23.7 Å². The van der Waals surface area contributed by atoms with Crippen molar-refractivity contribution in [2.75, 3.05) is 5.75 Å². The first-order valence-corrected chi connectivity index (χ1v) is 6.78. The van der Waals surface area contributed by atoms with Crippen LogP contribution in [0.2, 0.25) is 5.02 Å². The molecule has 0 saturated carbocycles. The van der Waals surface area contributed by atoms with Gasteiger partial charge in [-0.3, -0.25) is 0 Å². The number of halogens is 1. The van der Waals surface area contributed by atoms with E-state index in [-0.39, 0.29) is 0 Å². The minimum absolute atomic E-state index is 0.346. The summed E-state index contributed by atoms with van der Waals surface area (Å²) < 4.78 is 0. The lowest BCUT2D eigenvalue weighted by Gasteiger charge is -2.09. The van der Waals surface area contributed by atoms with Crippen molar-refractivity contribution in [3.63, 3.8) is 0 Å². The molecule has 87 valence electrons. The Morgan fingerprint density at radius 3 is 3.00 bits per heavy atom. The van der Waals surface area contributed by atoms with Crippen LogP contribution in [-0.2, 0) is 11.2 Å². The third-order valence-corrected chi connectivity index (χ3v) is 3.65. The molecule has 0 fully saturated rings. The quantitative estimate of drug-likeness (QED) is 0.545. The zero-order chi connectivity index (χ0) is 11.8. The Labute approximate surface area is 107 Å². The molecular formula is C13H16ClOS. The van der Waals surface area contributed by atoms with Crippen molar-refractivity contribution < 1.29 is 4.79 Å². The highest BCUT2D eigenvalue weighted by Crippen LogP contribution is 2.18. The summed E-state index contributed by atoms with van der Waals surface area (Å²) in [4.78, 5) is 10.2. The van der Waals surface area contributed by atoms with E-state index < -0.39 is 0 Å². The highest BCUT2D eigenvalue weighted by atomic mass is 35.5. The fourth-order valence-corrected chi connectivity index (χ4v) is 2.45. The third-order valence-electron chi connectivity index (χ3n) is 2.23. The standard InChI is InChI=1S/C13H16ClOS/c1-11(16-9-3-8-15)6-7-12-4-2-5-13(14)10-12/h2,4-5,8,10-11H,1,3,6-7,9H2. The molecule has 0 aromatic heterocycles. The molecule has 1 nitrogen and oxygen atoms in total. The van der Waals surface area contributed by atoms with Gasteiger partial charge in [0.1, 0.15) is 6.29 Å². The van der Waals surface area contributed by atoms with Gasteiger partial charge in [0.15, 0.2) is 0 Å². The number of benzene rings is 1. The predicted octanol–water partition coefficient (Wildman–Crippen LogP) is 3.80. The van der Waals surface area contributed by atoms with Gasteiger partial charge in [0.2, 0.25) is 0 Å². The Bertz CT molecular complexity index is 327. The molecule has 0 aliphatic rings. The van der Waals surface area contributed by atoms with Gasteiger partial charge < -0.3 is 4.79 Å². The van der Waals surface area contributed by atoms with Crippen LogP contribution in [0.25, 0.3) is 0 Å². The zero-order valence-corrected chi connectivity index (χ0v) is 10.8. The smallest absolute Gasteiger partial charge is 0.120 e. The average molecular weight is 256 g/mol. The van der Waals surface area contributed by atoms with Crippen molar-refractivity contribution in [1.29, 1.82) is 0 Å². The largest absolute Gasteiger partial charge is 0.303 e. The lowest BCUT2D eigenvalue weighted by Crippen LogP contribution is -2.00. The molecule has 1 rings (SSSR count). The van der Waals surface area contributed by atoms with E-state index in [0.717, 1.165) is 29.9 Å². The summed E-state index contributed by atoms with van der Waals surface area (Å²) in [5.41, 5.74) is 1.25. The Kier molecular flexibility index (Phi) is 6.58. The topological polar surface area (TPSA) is 17.1 Å². The summed E-state index contributed by atoms with van der Waals surface area (Å²) in [6, 6.07) is 7.92. The second-order valence-corrected chi connectivity index (χ2v) is 5.46. The Hall–Kier alpha value is -0.470. The molecule has 0 aliphatic carbocycles. The number of rotatable bonds is 7. The van der Waals surface area contributed by atoms with Gasteiger partial charge in [-0.25, -0.2) is 0 Å². The van der Waals surface area contributed by atoms with Gasteiger partial charge in [0.25, 0.3) is 0 Å². The maximum Gasteiger partial charge on any atom is 0.120 e. The van der Waals surface area contributed by atoms with Gasteiger partial charge >= 0.3 is 0 Å². The summed E-state index contributed by atoms with van der Waals surface area (Å²) in [7, 11) is 0. The molecular weight excluding hydrogens is 240 g/mol. The number of aldehydes is 1. The number of carbonyl (C=O) groups is 1. The van der Waals surface area contributed by atoms with Crippen LogP contribution < -0.4 is 0 Å². The number of aryl methyl sites for hydroxylation is 1. The lowest BCUT2D eigenvalue weighted by atomic mass is 10.1. The van der Waals surface area contributed by atoms with Crippen LogP contribution in [0, 0.1) is 6.92 Å². The van der Waals surface area contributed by atoms with Crippen molar-refractivity contribution >= 4 is 29.6 Å². The predicted molar refractivity (Wildman–Crippen MR) is 72.1 cm³/mol. The van der Waals surface area contributed by atoms with E-state index in [2.05, 4.69) is 13.0 Å². The molecule has 0 saturated heterocycles. The van der Waals surface area contributed by atoms with Gasteiger partial charge in [-0.15, -0.1) is 0 Å². The van der Waals surface area contributed by atoms with Crippen molar-refractivity contribution in [1.82, 2.24) is 0 Å².